The summed E-state index contributed by atoms with van der Waals surface area (Å²) in [5.41, 5.74) is 0.821. The number of benzene rings is 1. The van der Waals surface area contributed by atoms with Crippen molar-refractivity contribution in [3.63, 3.8) is 0 Å². The molecule has 0 fully saturated rings. The summed E-state index contributed by atoms with van der Waals surface area (Å²) in [5, 5.41) is 13.0. The van der Waals surface area contributed by atoms with Crippen molar-refractivity contribution >= 4 is 15.9 Å². The first-order valence-electron chi connectivity index (χ1n) is 4.85. The van der Waals surface area contributed by atoms with Crippen molar-refractivity contribution in [1.29, 1.82) is 0 Å². The Labute approximate surface area is 98.6 Å². The fourth-order valence-electron chi connectivity index (χ4n) is 1.40. The number of hydrogen-bond donors (Lipinski definition) is 2. The largest absolute Gasteiger partial charge is 0.496 e. The van der Waals surface area contributed by atoms with Crippen LogP contribution in [0, 0.1) is 0 Å². The average Bonchev–Trinajstić information content (AvgIpc) is 2.25. The van der Waals surface area contributed by atoms with E-state index in [1.54, 1.807) is 7.11 Å². The van der Waals surface area contributed by atoms with Crippen LogP contribution in [0.5, 0.6) is 5.75 Å². The van der Waals surface area contributed by atoms with E-state index < -0.39 is 6.10 Å². The number of aliphatic hydroxyl groups excluding tert-OH is 1. The SMILES string of the molecule is CNCCC(O)c1cc(Br)ccc1OC. The molecule has 1 unspecified atom stereocenters. The highest BCUT2D eigenvalue weighted by molar-refractivity contribution is 9.10. The van der Waals surface area contributed by atoms with Crippen LogP contribution in [0.2, 0.25) is 0 Å². The fourth-order valence-corrected chi connectivity index (χ4v) is 1.78. The van der Waals surface area contributed by atoms with Gasteiger partial charge in [0.25, 0.3) is 0 Å². The van der Waals surface area contributed by atoms with Crippen molar-refractivity contribution in [2.24, 2.45) is 0 Å². The van der Waals surface area contributed by atoms with Gasteiger partial charge in [-0.3, -0.25) is 0 Å². The predicted molar refractivity (Wildman–Crippen MR) is 64.2 cm³/mol. The molecule has 0 aromatic heterocycles. The summed E-state index contributed by atoms with van der Waals surface area (Å²) >= 11 is 3.38. The molecule has 84 valence electrons. The second kappa shape index (κ2) is 6.10. The van der Waals surface area contributed by atoms with Crippen LogP contribution >= 0.6 is 15.9 Å². The molecule has 4 heteroatoms. The maximum absolute atomic E-state index is 9.95. The molecule has 15 heavy (non-hydrogen) atoms. The summed E-state index contributed by atoms with van der Waals surface area (Å²) in [7, 11) is 3.47. The number of hydrogen-bond acceptors (Lipinski definition) is 3. The molecular formula is C11H16BrNO2. The van der Waals surface area contributed by atoms with E-state index in [4.69, 9.17) is 4.74 Å². The third-order valence-corrected chi connectivity index (χ3v) is 2.71. The van der Waals surface area contributed by atoms with Gasteiger partial charge in [0.1, 0.15) is 5.75 Å². The van der Waals surface area contributed by atoms with Gasteiger partial charge in [0.05, 0.1) is 13.2 Å². The molecule has 1 atom stereocenters. The summed E-state index contributed by atoms with van der Waals surface area (Å²) in [5.74, 6) is 0.724. The summed E-state index contributed by atoms with van der Waals surface area (Å²) in [4.78, 5) is 0. The number of halogens is 1. The van der Waals surface area contributed by atoms with Crippen molar-refractivity contribution in [1.82, 2.24) is 5.32 Å². The Kier molecular flexibility index (Phi) is 5.08. The normalized spacial score (nSPS) is 12.5. The molecule has 0 radical (unpaired) electrons. The van der Waals surface area contributed by atoms with Gasteiger partial charge in [0.2, 0.25) is 0 Å². The van der Waals surface area contributed by atoms with Crippen molar-refractivity contribution < 1.29 is 9.84 Å². The smallest absolute Gasteiger partial charge is 0.124 e. The zero-order chi connectivity index (χ0) is 11.3. The van der Waals surface area contributed by atoms with Gasteiger partial charge in [-0.05, 0) is 38.2 Å². The quantitative estimate of drug-likeness (QED) is 0.864. The van der Waals surface area contributed by atoms with E-state index in [0.29, 0.717) is 6.42 Å². The molecule has 0 heterocycles. The minimum Gasteiger partial charge on any atom is -0.496 e. The third kappa shape index (κ3) is 3.48. The maximum atomic E-state index is 9.95. The molecule has 0 aliphatic heterocycles. The maximum Gasteiger partial charge on any atom is 0.124 e. The molecule has 1 rings (SSSR count). The van der Waals surface area contributed by atoms with E-state index in [1.807, 2.05) is 25.2 Å². The Morgan fingerprint density at radius 2 is 2.27 bits per heavy atom. The minimum absolute atomic E-state index is 0.495. The molecular weight excluding hydrogens is 258 g/mol. The van der Waals surface area contributed by atoms with Gasteiger partial charge >= 0.3 is 0 Å². The molecule has 0 amide bonds. The van der Waals surface area contributed by atoms with Crippen LogP contribution < -0.4 is 10.1 Å². The fraction of sp³-hybridized carbons (Fsp3) is 0.455. The first-order chi connectivity index (χ1) is 7.19. The standard InChI is InChI=1S/C11H16BrNO2/c1-13-6-5-10(14)9-7-8(12)3-4-11(9)15-2/h3-4,7,10,13-14H,5-6H2,1-2H3. The van der Waals surface area contributed by atoms with Crippen LogP contribution in [-0.2, 0) is 0 Å². The lowest BCUT2D eigenvalue weighted by Crippen LogP contribution is -2.12. The Morgan fingerprint density at radius 3 is 2.87 bits per heavy atom. The lowest BCUT2D eigenvalue weighted by atomic mass is 10.1. The van der Waals surface area contributed by atoms with Crippen LogP contribution in [0.3, 0.4) is 0 Å². The van der Waals surface area contributed by atoms with Gasteiger partial charge in [-0.2, -0.15) is 0 Å². The Hall–Kier alpha value is -0.580. The van der Waals surface area contributed by atoms with E-state index in [1.165, 1.54) is 0 Å². The van der Waals surface area contributed by atoms with E-state index in [9.17, 15) is 5.11 Å². The molecule has 0 spiro atoms. The highest BCUT2D eigenvalue weighted by Gasteiger charge is 2.12. The highest BCUT2D eigenvalue weighted by atomic mass is 79.9. The van der Waals surface area contributed by atoms with Gasteiger partial charge in [0.15, 0.2) is 0 Å². The van der Waals surface area contributed by atoms with Gasteiger partial charge < -0.3 is 15.2 Å². The number of rotatable bonds is 5. The first kappa shape index (κ1) is 12.5. The van der Waals surface area contributed by atoms with Crippen molar-refractivity contribution in [2.75, 3.05) is 20.7 Å². The van der Waals surface area contributed by atoms with Crippen LogP contribution in [0.15, 0.2) is 22.7 Å². The summed E-state index contributed by atoms with van der Waals surface area (Å²) in [6, 6.07) is 5.63. The highest BCUT2D eigenvalue weighted by Crippen LogP contribution is 2.29. The Balaban J connectivity index is 2.85. The van der Waals surface area contributed by atoms with Gasteiger partial charge in [-0.25, -0.2) is 0 Å². The molecule has 0 aliphatic rings. The summed E-state index contributed by atoms with van der Waals surface area (Å²) < 4.78 is 6.15. The number of ether oxygens (including phenoxy) is 1. The van der Waals surface area contributed by atoms with Gasteiger partial charge in [0, 0.05) is 10.0 Å². The molecule has 0 bridgehead atoms. The molecule has 3 nitrogen and oxygen atoms in total. The van der Waals surface area contributed by atoms with Crippen molar-refractivity contribution in [3.05, 3.63) is 28.2 Å². The van der Waals surface area contributed by atoms with E-state index >= 15 is 0 Å². The van der Waals surface area contributed by atoms with Gasteiger partial charge in [-0.15, -0.1) is 0 Å². The van der Waals surface area contributed by atoms with E-state index in [0.717, 1.165) is 22.3 Å². The van der Waals surface area contributed by atoms with Gasteiger partial charge in [-0.1, -0.05) is 15.9 Å². The molecule has 1 aromatic carbocycles. The van der Waals surface area contributed by atoms with Crippen LogP contribution in [0.25, 0.3) is 0 Å². The van der Waals surface area contributed by atoms with Crippen LogP contribution in [0.1, 0.15) is 18.1 Å². The zero-order valence-corrected chi connectivity index (χ0v) is 10.5. The molecule has 0 aliphatic carbocycles. The summed E-state index contributed by atoms with van der Waals surface area (Å²) in [6.07, 6.45) is 0.174. The molecule has 2 N–H and O–H groups in total. The zero-order valence-electron chi connectivity index (χ0n) is 8.96. The third-order valence-electron chi connectivity index (χ3n) is 2.22. The lowest BCUT2D eigenvalue weighted by Gasteiger charge is -2.14. The second-order valence-corrected chi connectivity index (χ2v) is 4.21. The van der Waals surface area contributed by atoms with Crippen LogP contribution in [0.4, 0.5) is 0 Å². The van der Waals surface area contributed by atoms with Crippen molar-refractivity contribution in [2.45, 2.75) is 12.5 Å². The predicted octanol–water partition coefficient (Wildman–Crippen LogP) is 2.10. The molecule has 0 saturated carbocycles. The first-order valence-corrected chi connectivity index (χ1v) is 5.64. The topological polar surface area (TPSA) is 41.5 Å². The number of nitrogens with one attached hydrogen (secondary N) is 1. The monoisotopic (exact) mass is 273 g/mol. The summed E-state index contributed by atoms with van der Waals surface area (Å²) in [6.45, 7) is 0.775. The van der Waals surface area contributed by atoms with Crippen LogP contribution in [-0.4, -0.2) is 25.8 Å². The van der Waals surface area contributed by atoms with E-state index in [2.05, 4.69) is 21.2 Å². The Morgan fingerprint density at radius 1 is 1.53 bits per heavy atom. The molecule has 1 aromatic rings. The number of methoxy groups -OCH3 is 1. The second-order valence-electron chi connectivity index (χ2n) is 3.29. The lowest BCUT2D eigenvalue weighted by molar-refractivity contribution is 0.163. The minimum atomic E-state index is -0.495. The molecule has 0 saturated heterocycles. The average molecular weight is 274 g/mol. The van der Waals surface area contributed by atoms with E-state index in [-0.39, 0.29) is 0 Å². The van der Waals surface area contributed by atoms with Crippen molar-refractivity contribution in [3.8, 4) is 5.75 Å². The number of aliphatic hydroxyl groups is 1. The Bertz CT molecular complexity index is 317.